The lowest BCUT2D eigenvalue weighted by Gasteiger charge is -2.11. The van der Waals surface area contributed by atoms with Gasteiger partial charge in [-0.25, -0.2) is 0 Å². The minimum absolute atomic E-state index is 0.293. The molecule has 0 aliphatic heterocycles. The standard InChI is InChI=1S/C16H13ClN2O2/c1-20-12-5-6-15(21-2)13(8-12)16(17)14(9-18)11-4-3-7-19-10-11/h3-8,10H,1-2H3/b16-14+. The summed E-state index contributed by atoms with van der Waals surface area (Å²) in [5.41, 5.74) is 1.57. The molecule has 0 fully saturated rings. The van der Waals surface area contributed by atoms with Crippen molar-refractivity contribution < 1.29 is 9.47 Å². The summed E-state index contributed by atoms with van der Waals surface area (Å²) in [7, 11) is 3.11. The second-order valence-corrected chi connectivity index (χ2v) is 4.49. The molecule has 0 aliphatic carbocycles. The van der Waals surface area contributed by atoms with Crippen LogP contribution >= 0.6 is 11.6 Å². The van der Waals surface area contributed by atoms with Gasteiger partial charge in [-0.05, 0) is 24.3 Å². The lowest BCUT2D eigenvalue weighted by atomic mass is 10.0. The number of pyridine rings is 1. The number of benzene rings is 1. The van der Waals surface area contributed by atoms with E-state index in [9.17, 15) is 5.26 Å². The largest absolute Gasteiger partial charge is 0.497 e. The molecule has 5 heteroatoms. The Morgan fingerprint density at radius 3 is 2.62 bits per heavy atom. The molecule has 2 aromatic rings. The average molecular weight is 301 g/mol. The van der Waals surface area contributed by atoms with E-state index in [2.05, 4.69) is 11.1 Å². The van der Waals surface area contributed by atoms with Crippen LogP contribution in [0.5, 0.6) is 11.5 Å². The smallest absolute Gasteiger partial charge is 0.127 e. The lowest BCUT2D eigenvalue weighted by molar-refractivity contribution is 0.402. The minimum atomic E-state index is 0.293. The third-order valence-electron chi connectivity index (χ3n) is 2.92. The molecule has 0 aliphatic rings. The maximum Gasteiger partial charge on any atom is 0.127 e. The molecule has 0 saturated carbocycles. The maximum atomic E-state index is 9.41. The molecular weight excluding hydrogens is 288 g/mol. The number of methoxy groups -OCH3 is 2. The molecule has 2 rings (SSSR count). The average Bonchev–Trinajstić information content (AvgIpc) is 2.55. The molecule has 106 valence electrons. The van der Waals surface area contributed by atoms with Crippen molar-refractivity contribution in [1.29, 1.82) is 5.26 Å². The second kappa shape index (κ2) is 6.78. The predicted octanol–water partition coefficient (Wildman–Crippen LogP) is 3.73. The van der Waals surface area contributed by atoms with Gasteiger partial charge in [0.1, 0.15) is 17.6 Å². The Hall–Kier alpha value is -2.51. The summed E-state index contributed by atoms with van der Waals surface area (Å²) in [6, 6.07) is 10.9. The summed E-state index contributed by atoms with van der Waals surface area (Å²) in [6.07, 6.45) is 3.23. The first-order chi connectivity index (χ1) is 10.2. The van der Waals surface area contributed by atoms with Crippen molar-refractivity contribution in [3.05, 3.63) is 53.9 Å². The number of nitriles is 1. The zero-order valence-electron chi connectivity index (χ0n) is 11.6. The van der Waals surface area contributed by atoms with Crippen molar-refractivity contribution in [2.24, 2.45) is 0 Å². The van der Waals surface area contributed by atoms with Crippen LogP contribution in [0.25, 0.3) is 10.6 Å². The highest BCUT2D eigenvalue weighted by atomic mass is 35.5. The van der Waals surface area contributed by atoms with E-state index in [1.807, 2.05) is 0 Å². The van der Waals surface area contributed by atoms with Crippen molar-refractivity contribution in [2.75, 3.05) is 14.2 Å². The summed E-state index contributed by atoms with van der Waals surface area (Å²) in [6.45, 7) is 0. The molecule has 4 nitrogen and oxygen atoms in total. The molecule has 0 radical (unpaired) electrons. The predicted molar refractivity (Wildman–Crippen MR) is 82.1 cm³/mol. The molecule has 0 bridgehead atoms. The van der Waals surface area contributed by atoms with Gasteiger partial charge in [-0.1, -0.05) is 17.7 Å². The van der Waals surface area contributed by atoms with E-state index in [1.54, 1.807) is 56.9 Å². The van der Waals surface area contributed by atoms with Crippen molar-refractivity contribution in [2.45, 2.75) is 0 Å². The Morgan fingerprint density at radius 2 is 2.05 bits per heavy atom. The SMILES string of the molecule is COc1ccc(OC)c(/C(Cl)=C(/C#N)c2cccnc2)c1. The highest BCUT2D eigenvalue weighted by Gasteiger charge is 2.15. The van der Waals surface area contributed by atoms with Gasteiger partial charge < -0.3 is 9.47 Å². The first-order valence-electron chi connectivity index (χ1n) is 6.14. The minimum Gasteiger partial charge on any atom is -0.497 e. The number of aromatic nitrogens is 1. The summed E-state index contributed by atoms with van der Waals surface area (Å²) < 4.78 is 10.5. The molecule has 1 heterocycles. The van der Waals surface area contributed by atoms with Gasteiger partial charge in [0.15, 0.2) is 0 Å². The molecule has 0 saturated heterocycles. The number of allylic oxidation sites excluding steroid dienone is 1. The van der Waals surface area contributed by atoms with Crippen LogP contribution in [0.1, 0.15) is 11.1 Å². The van der Waals surface area contributed by atoms with E-state index in [0.717, 1.165) is 0 Å². The number of hydrogen-bond acceptors (Lipinski definition) is 4. The Balaban J connectivity index is 2.63. The van der Waals surface area contributed by atoms with E-state index >= 15 is 0 Å². The van der Waals surface area contributed by atoms with Gasteiger partial charge in [0.25, 0.3) is 0 Å². The lowest BCUT2D eigenvalue weighted by Crippen LogP contribution is -1.93. The Bertz CT molecular complexity index is 706. The molecule has 1 aromatic heterocycles. The van der Waals surface area contributed by atoms with Gasteiger partial charge >= 0.3 is 0 Å². The molecule has 0 N–H and O–H groups in total. The van der Waals surface area contributed by atoms with Crippen LogP contribution in [0.3, 0.4) is 0 Å². The zero-order valence-corrected chi connectivity index (χ0v) is 12.4. The van der Waals surface area contributed by atoms with Gasteiger partial charge in [-0.15, -0.1) is 0 Å². The fourth-order valence-electron chi connectivity index (χ4n) is 1.87. The van der Waals surface area contributed by atoms with E-state index < -0.39 is 0 Å². The Kier molecular flexibility index (Phi) is 4.81. The van der Waals surface area contributed by atoms with Crippen LogP contribution in [-0.4, -0.2) is 19.2 Å². The van der Waals surface area contributed by atoms with Crippen LogP contribution in [0, 0.1) is 11.3 Å². The van der Waals surface area contributed by atoms with Gasteiger partial charge in [0.05, 0.1) is 24.8 Å². The van der Waals surface area contributed by atoms with Crippen LogP contribution in [0.4, 0.5) is 0 Å². The van der Waals surface area contributed by atoms with Crippen LogP contribution < -0.4 is 9.47 Å². The third kappa shape index (κ3) is 3.15. The highest BCUT2D eigenvalue weighted by Crippen LogP contribution is 2.36. The molecular formula is C16H13ClN2O2. The van der Waals surface area contributed by atoms with Gasteiger partial charge in [-0.3, -0.25) is 4.98 Å². The van der Waals surface area contributed by atoms with Crippen molar-refractivity contribution in [1.82, 2.24) is 4.98 Å². The number of nitrogens with zero attached hydrogens (tertiary/aromatic N) is 2. The highest BCUT2D eigenvalue weighted by molar-refractivity contribution is 6.53. The summed E-state index contributed by atoms with van der Waals surface area (Å²) >= 11 is 6.41. The fourth-order valence-corrected chi connectivity index (χ4v) is 2.17. The molecule has 0 amide bonds. The van der Waals surface area contributed by atoms with Gasteiger partial charge in [0.2, 0.25) is 0 Å². The van der Waals surface area contributed by atoms with Gasteiger partial charge in [0, 0.05) is 23.5 Å². The fraction of sp³-hybridized carbons (Fsp3) is 0.125. The zero-order chi connectivity index (χ0) is 15.2. The van der Waals surface area contributed by atoms with Crippen LogP contribution in [0.2, 0.25) is 0 Å². The topological polar surface area (TPSA) is 55.1 Å². The molecule has 0 atom stereocenters. The van der Waals surface area contributed by atoms with Crippen LogP contribution in [-0.2, 0) is 0 Å². The number of hydrogen-bond donors (Lipinski definition) is 0. The summed E-state index contributed by atoms with van der Waals surface area (Å²) in [5, 5.41) is 9.70. The summed E-state index contributed by atoms with van der Waals surface area (Å²) in [4.78, 5) is 4.01. The Labute approximate surface area is 128 Å². The number of rotatable bonds is 4. The molecule has 1 aromatic carbocycles. The first-order valence-corrected chi connectivity index (χ1v) is 6.51. The monoisotopic (exact) mass is 300 g/mol. The third-order valence-corrected chi connectivity index (χ3v) is 3.32. The van der Waals surface area contributed by atoms with Crippen molar-refractivity contribution in [3.8, 4) is 17.6 Å². The molecule has 0 unspecified atom stereocenters. The van der Waals surface area contributed by atoms with E-state index in [1.165, 1.54) is 0 Å². The Morgan fingerprint density at radius 1 is 1.24 bits per heavy atom. The van der Waals surface area contributed by atoms with E-state index in [0.29, 0.717) is 33.2 Å². The van der Waals surface area contributed by atoms with Gasteiger partial charge in [-0.2, -0.15) is 5.26 Å². The quantitative estimate of drug-likeness (QED) is 0.807. The summed E-state index contributed by atoms with van der Waals surface area (Å²) in [5.74, 6) is 1.20. The van der Waals surface area contributed by atoms with Crippen molar-refractivity contribution >= 4 is 22.2 Å². The number of halogens is 1. The normalized spacial score (nSPS) is 11.3. The first kappa shape index (κ1) is 14.9. The second-order valence-electron chi connectivity index (χ2n) is 4.11. The molecule has 0 spiro atoms. The molecule has 21 heavy (non-hydrogen) atoms. The van der Waals surface area contributed by atoms with Crippen LogP contribution in [0.15, 0.2) is 42.7 Å². The van der Waals surface area contributed by atoms with E-state index in [4.69, 9.17) is 21.1 Å². The van der Waals surface area contributed by atoms with E-state index in [-0.39, 0.29) is 0 Å². The maximum absolute atomic E-state index is 9.41. The van der Waals surface area contributed by atoms with Crippen molar-refractivity contribution in [3.63, 3.8) is 0 Å². The number of ether oxygens (including phenoxy) is 2.